The molecule has 1 saturated heterocycles. The third-order valence-corrected chi connectivity index (χ3v) is 5.37. The molecule has 1 atom stereocenters. The Balaban J connectivity index is 0.000000218. The summed E-state index contributed by atoms with van der Waals surface area (Å²) in [4.78, 5) is 20.5. The second-order valence-corrected chi connectivity index (χ2v) is 7.33. The molecule has 0 saturated carbocycles. The second kappa shape index (κ2) is 12.2. The minimum atomic E-state index is -0.0443. The molecule has 1 aromatic carbocycles. The topological polar surface area (TPSA) is 74.5 Å². The van der Waals surface area contributed by atoms with E-state index in [0.717, 1.165) is 19.6 Å². The Kier molecular flexibility index (Phi) is 9.60. The van der Waals surface area contributed by atoms with Crippen LogP contribution in [0.25, 0.3) is 0 Å². The number of nitrogens with one attached hydrogen (secondary N) is 1. The van der Waals surface area contributed by atoms with Gasteiger partial charge in [-0.1, -0.05) is 19.9 Å². The van der Waals surface area contributed by atoms with Crippen molar-refractivity contribution in [2.24, 2.45) is 0 Å². The van der Waals surface area contributed by atoms with Crippen LogP contribution in [-0.4, -0.2) is 60.5 Å². The maximum atomic E-state index is 11.7. The normalized spacial score (nSPS) is 16.3. The van der Waals surface area contributed by atoms with Gasteiger partial charge in [-0.15, -0.1) is 0 Å². The molecular formula is C23H35N5O. The molecule has 3 rings (SSSR count). The lowest BCUT2D eigenvalue weighted by atomic mass is 10.1. The molecular weight excluding hydrogens is 362 g/mol. The Morgan fingerprint density at radius 3 is 2.52 bits per heavy atom. The van der Waals surface area contributed by atoms with E-state index in [1.165, 1.54) is 24.9 Å². The Hall–Kier alpha value is -2.44. The number of hydrogen-bond donors (Lipinski definition) is 2. The number of likely N-dealkylation sites (N-methyl/N-ethyl adjacent to an activating group) is 1. The summed E-state index contributed by atoms with van der Waals surface area (Å²) in [7, 11) is 2.19. The fraction of sp³-hybridized carbons (Fsp3) is 0.478. The zero-order chi connectivity index (χ0) is 21.1. The number of nitrogens with two attached hydrogens (primary N) is 1. The van der Waals surface area contributed by atoms with Crippen molar-refractivity contribution < 1.29 is 4.79 Å². The lowest BCUT2D eigenvalue weighted by Crippen LogP contribution is -2.34. The zero-order valence-electron chi connectivity index (χ0n) is 18.0. The quantitative estimate of drug-likeness (QED) is 0.702. The van der Waals surface area contributed by atoms with Crippen molar-refractivity contribution in [3.05, 3.63) is 59.9 Å². The van der Waals surface area contributed by atoms with E-state index in [1.54, 1.807) is 24.3 Å². The van der Waals surface area contributed by atoms with E-state index in [9.17, 15) is 4.79 Å². The summed E-state index contributed by atoms with van der Waals surface area (Å²) in [6.45, 7) is 9.03. The summed E-state index contributed by atoms with van der Waals surface area (Å²) in [5.74, 6) is -0.0443. The first-order valence-corrected chi connectivity index (χ1v) is 10.5. The number of nitrogen functional groups attached to an aromatic ring is 1. The van der Waals surface area contributed by atoms with E-state index >= 15 is 0 Å². The molecule has 6 heteroatoms. The first kappa shape index (κ1) is 22.8. The highest BCUT2D eigenvalue weighted by molar-refractivity contribution is 5.94. The first-order chi connectivity index (χ1) is 14.0. The number of rotatable bonds is 7. The van der Waals surface area contributed by atoms with Crippen LogP contribution in [0.5, 0.6) is 0 Å². The lowest BCUT2D eigenvalue weighted by molar-refractivity contribution is 0.0949. The van der Waals surface area contributed by atoms with Crippen LogP contribution in [0.1, 0.15) is 48.7 Å². The average molecular weight is 398 g/mol. The van der Waals surface area contributed by atoms with Gasteiger partial charge in [0.25, 0.3) is 5.91 Å². The summed E-state index contributed by atoms with van der Waals surface area (Å²) >= 11 is 0. The first-order valence-electron chi connectivity index (χ1n) is 10.5. The molecule has 0 bridgehead atoms. The fourth-order valence-electron chi connectivity index (χ4n) is 3.51. The Morgan fingerprint density at radius 1 is 1.24 bits per heavy atom. The number of nitrogens with zero attached hydrogens (tertiary/aromatic N) is 3. The summed E-state index contributed by atoms with van der Waals surface area (Å²) in [5.41, 5.74) is 8.25. The van der Waals surface area contributed by atoms with Gasteiger partial charge >= 0.3 is 0 Å². The lowest BCUT2D eigenvalue weighted by Gasteiger charge is -2.18. The molecule has 2 heterocycles. The highest BCUT2D eigenvalue weighted by Crippen LogP contribution is 2.29. The highest BCUT2D eigenvalue weighted by Gasteiger charge is 2.21. The highest BCUT2D eigenvalue weighted by atomic mass is 16.1. The summed E-state index contributed by atoms with van der Waals surface area (Å²) < 4.78 is 0. The van der Waals surface area contributed by atoms with Crippen molar-refractivity contribution in [3.63, 3.8) is 0 Å². The van der Waals surface area contributed by atoms with Gasteiger partial charge in [0.2, 0.25) is 0 Å². The number of aromatic nitrogens is 1. The number of benzene rings is 1. The number of carbonyl (C=O) groups excluding carboxylic acids is 1. The molecule has 0 aliphatic carbocycles. The van der Waals surface area contributed by atoms with Crippen LogP contribution in [0, 0.1) is 0 Å². The monoisotopic (exact) mass is 397 g/mol. The van der Waals surface area contributed by atoms with Gasteiger partial charge in [0.1, 0.15) is 0 Å². The molecule has 1 amide bonds. The van der Waals surface area contributed by atoms with Crippen molar-refractivity contribution >= 4 is 11.6 Å². The molecule has 3 N–H and O–H groups in total. The SMILES string of the molecule is CCN(CC)CCNC(=O)c1ccc(N)cc1.CN1CCC[C@H]1c1cccnc1. The molecule has 1 aliphatic heterocycles. The molecule has 6 nitrogen and oxygen atoms in total. The summed E-state index contributed by atoms with van der Waals surface area (Å²) in [5, 5.41) is 2.90. The fourth-order valence-corrected chi connectivity index (χ4v) is 3.51. The van der Waals surface area contributed by atoms with Crippen molar-refractivity contribution in [2.45, 2.75) is 32.7 Å². The van der Waals surface area contributed by atoms with Gasteiger partial charge in [-0.05, 0) is 75.4 Å². The predicted molar refractivity (Wildman–Crippen MR) is 120 cm³/mol. The van der Waals surface area contributed by atoms with Gasteiger partial charge in [-0.25, -0.2) is 0 Å². The predicted octanol–water partition coefficient (Wildman–Crippen LogP) is 3.19. The summed E-state index contributed by atoms with van der Waals surface area (Å²) in [6.07, 6.45) is 6.41. The smallest absolute Gasteiger partial charge is 0.251 e. The third kappa shape index (κ3) is 7.48. The zero-order valence-corrected chi connectivity index (χ0v) is 18.0. The van der Waals surface area contributed by atoms with E-state index < -0.39 is 0 Å². The number of anilines is 1. The molecule has 1 fully saturated rings. The molecule has 1 aliphatic rings. The van der Waals surface area contributed by atoms with Gasteiger partial charge < -0.3 is 16.0 Å². The molecule has 158 valence electrons. The van der Waals surface area contributed by atoms with Crippen molar-refractivity contribution in [3.8, 4) is 0 Å². The van der Waals surface area contributed by atoms with E-state index in [2.05, 4.69) is 47.1 Å². The van der Waals surface area contributed by atoms with Crippen LogP contribution in [0.4, 0.5) is 5.69 Å². The standard InChI is InChI=1S/C13H21N3O.C10H14N2/c1-3-16(4-2)10-9-15-13(17)11-5-7-12(14)8-6-11;1-12-7-3-5-10(12)9-4-2-6-11-8-9/h5-8H,3-4,9-10,14H2,1-2H3,(H,15,17);2,4,6,8,10H,3,5,7H2,1H3/t;10-/m.0/s1. The van der Waals surface area contributed by atoms with E-state index in [1.807, 2.05) is 18.5 Å². The second-order valence-electron chi connectivity index (χ2n) is 7.33. The van der Waals surface area contributed by atoms with Crippen LogP contribution < -0.4 is 11.1 Å². The van der Waals surface area contributed by atoms with Crippen molar-refractivity contribution in [1.82, 2.24) is 20.1 Å². The Bertz CT molecular complexity index is 716. The van der Waals surface area contributed by atoms with Crippen LogP contribution >= 0.6 is 0 Å². The maximum absolute atomic E-state index is 11.7. The molecule has 0 spiro atoms. The minimum absolute atomic E-state index is 0.0443. The molecule has 0 unspecified atom stereocenters. The number of pyridine rings is 1. The van der Waals surface area contributed by atoms with Crippen LogP contribution in [-0.2, 0) is 0 Å². The number of carbonyl (C=O) groups is 1. The van der Waals surface area contributed by atoms with Gasteiger partial charge in [-0.3, -0.25) is 14.7 Å². The maximum Gasteiger partial charge on any atom is 0.251 e. The van der Waals surface area contributed by atoms with Crippen molar-refractivity contribution in [2.75, 3.05) is 45.5 Å². The van der Waals surface area contributed by atoms with E-state index in [4.69, 9.17) is 5.73 Å². The van der Waals surface area contributed by atoms with Gasteiger partial charge in [-0.2, -0.15) is 0 Å². The van der Waals surface area contributed by atoms with E-state index in [-0.39, 0.29) is 5.91 Å². The minimum Gasteiger partial charge on any atom is -0.399 e. The van der Waals surface area contributed by atoms with E-state index in [0.29, 0.717) is 23.8 Å². The van der Waals surface area contributed by atoms with Crippen LogP contribution in [0.15, 0.2) is 48.8 Å². The number of amides is 1. The molecule has 29 heavy (non-hydrogen) atoms. The van der Waals surface area contributed by atoms with Crippen LogP contribution in [0.3, 0.4) is 0 Å². The Labute approximate surface area is 175 Å². The van der Waals surface area contributed by atoms with Gasteiger partial charge in [0.15, 0.2) is 0 Å². The average Bonchev–Trinajstić information content (AvgIpc) is 3.18. The number of hydrogen-bond acceptors (Lipinski definition) is 5. The largest absolute Gasteiger partial charge is 0.399 e. The van der Waals surface area contributed by atoms with Gasteiger partial charge in [0.05, 0.1) is 0 Å². The Morgan fingerprint density at radius 2 is 1.97 bits per heavy atom. The number of likely N-dealkylation sites (tertiary alicyclic amines) is 1. The molecule has 2 aromatic rings. The summed E-state index contributed by atoms with van der Waals surface area (Å²) in [6, 6.07) is 11.7. The van der Waals surface area contributed by atoms with Crippen LogP contribution in [0.2, 0.25) is 0 Å². The van der Waals surface area contributed by atoms with Crippen molar-refractivity contribution in [1.29, 1.82) is 0 Å². The van der Waals surface area contributed by atoms with Gasteiger partial charge in [0, 0.05) is 42.8 Å². The molecule has 0 radical (unpaired) electrons. The third-order valence-electron chi connectivity index (χ3n) is 5.37. The molecule has 1 aromatic heterocycles.